The summed E-state index contributed by atoms with van der Waals surface area (Å²) in [7, 11) is 4.06. The van der Waals surface area contributed by atoms with Gasteiger partial charge in [-0.05, 0) is 29.8 Å². The van der Waals surface area contributed by atoms with Crippen LogP contribution in [0.15, 0.2) is 54.4 Å². The van der Waals surface area contributed by atoms with Gasteiger partial charge in [0, 0.05) is 37.3 Å². The molecule has 3 heteroatoms. The predicted molar refractivity (Wildman–Crippen MR) is 80.1 cm³/mol. The fourth-order valence-electron chi connectivity index (χ4n) is 2.65. The number of allylic oxidation sites excluding steroid dienone is 3. The van der Waals surface area contributed by atoms with E-state index in [2.05, 4.69) is 40.2 Å². The summed E-state index contributed by atoms with van der Waals surface area (Å²) in [5, 5.41) is 10.5. The van der Waals surface area contributed by atoms with Gasteiger partial charge >= 0.3 is 0 Å². The molecule has 0 saturated carbocycles. The maximum Gasteiger partial charge on any atom is 0.0995 e. The number of hydrogen-bond acceptors (Lipinski definition) is 3. The van der Waals surface area contributed by atoms with E-state index in [9.17, 15) is 5.26 Å². The van der Waals surface area contributed by atoms with Gasteiger partial charge in [0.25, 0.3) is 0 Å². The number of rotatable bonds is 2. The molecule has 1 aromatic heterocycles. The average Bonchev–Trinajstić information content (AvgIpc) is 2.95. The van der Waals surface area contributed by atoms with Gasteiger partial charge in [-0.3, -0.25) is 4.98 Å². The lowest BCUT2D eigenvalue weighted by Gasteiger charge is -2.22. The van der Waals surface area contributed by atoms with E-state index in [1.54, 1.807) is 6.20 Å². The zero-order valence-corrected chi connectivity index (χ0v) is 11.5. The minimum atomic E-state index is 0.143. The van der Waals surface area contributed by atoms with Gasteiger partial charge in [0.2, 0.25) is 0 Å². The standard InChI is InChI=1S/C17H15N3/c1-20(2)17-7-3-6-14(17)15-9-12-5-4-8-19-16(12)10-13(15)11-18/h3-10,14H,1-2H3. The molecule has 0 spiro atoms. The van der Waals surface area contributed by atoms with Crippen molar-refractivity contribution in [3.8, 4) is 6.07 Å². The fourth-order valence-corrected chi connectivity index (χ4v) is 2.65. The first-order valence-electron chi connectivity index (χ1n) is 6.55. The molecular weight excluding hydrogens is 246 g/mol. The topological polar surface area (TPSA) is 39.9 Å². The number of nitrogens with zero attached hydrogens (tertiary/aromatic N) is 3. The lowest BCUT2D eigenvalue weighted by atomic mass is 9.91. The van der Waals surface area contributed by atoms with E-state index in [-0.39, 0.29) is 5.92 Å². The van der Waals surface area contributed by atoms with Crippen molar-refractivity contribution < 1.29 is 0 Å². The molecule has 20 heavy (non-hydrogen) atoms. The average molecular weight is 261 g/mol. The zero-order chi connectivity index (χ0) is 14.1. The van der Waals surface area contributed by atoms with Crippen LogP contribution in [-0.2, 0) is 0 Å². The van der Waals surface area contributed by atoms with Crippen molar-refractivity contribution in [2.45, 2.75) is 5.92 Å². The number of benzene rings is 1. The second kappa shape index (κ2) is 4.82. The van der Waals surface area contributed by atoms with Crippen LogP contribution in [0, 0.1) is 11.3 Å². The summed E-state index contributed by atoms with van der Waals surface area (Å²) < 4.78 is 0. The third kappa shape index (κ3) is 1.96. The number of nitriles is 1. The molecule has 1 atom stereocenters. The highest BCUT2D eigenvalue weighted by molar-refractivity contribution is 5.81. The van der Waals surface area contributed by atoms with Gasteiger partial charge in [-0.2, -0.15) is 5.26 Å². The Morgan fingerprint density at radius 2 is 2.15 bits per heavy atom. The van der Waals surface area contributed by atoms with E-state index in [0.717, 1.165) is 16.5 Å². The lowest BCUT2D eigenvalue weighted by molar-refractivity contribution is 0.487. The highest BCUT2D eigenvalue weighted by Crippen LogP contribution is 2.34. The van der Waals surface area contributed by atoms with E-state index in [0.29, 0.717) is 5.56 Å². The van der Waals surface area contributed by atoms with E-state index >= 15 is 0 Å². The minimum absolute atomic E-state index is 0.143. The number of fused-ring (bicyclic) bond motifs is 1. The third-order valence-corrected chi connectivity index (χ3v) is 3.64. The maximum atomic E-state index is 9.43. The molecule has 0 amide bonds. The Hall–Kier alpha value is -2.60. The number of hydrogen-bond donors (Lipinski definition) is 0. The van der Waals surface area contributed by atoms with Crippen molar-refractivity contribution in [2.24, 2.45) is 0 Å². The lowest BCUT2D eigenvalue weighted by Crippen LogP contribution is -2.16. The number of aromatic nitrogens is 1. The normalized spacial score (nSPS) is 17.1. The Morgan fingerprint density at radius 1 is 1.30 bits per heavy atom. The molecule has 1 heterocycles. The van der Waals surface area contributed by atoms with Crippen molar-refractivity contribution in [1.82, 2.24) is 9.88 Å². The summed E-state index contributed by atoms with van der Waals surface area (Å²) in [5.74, 6) is 0.143. The van der Waals surface area contributed by atoms with Crippen LogP contribution in [0.5, 0.6) is 0 Å². The Labute approximate surface area is 118 Å². The number of pyridine rings is 1. The first kappa shape index (κ1) is 12.4. The molecule has 0 bridgehead atoms. The summed E-state index contributed by atoms with van der Waals surface area (Å²) in [5.41, 5.74) is 3.80. The van der Waals surface area contributed by atoms with Gasteiger partial charge < -0.3 is 4.90 Å². The smallest absolute Gasteiger partial charge is 0.0995 e. The van der Waals surface area contributed by atoms with Gasteiger partial charge in [0.1, 0.15) is 0 Å². The molecule has 0 radical (unpaired) electrons. The molecule has 0 N–H and O–H groups in total. The molecule has 1 aliphatic carbocycles. The molecule has 0 fully saturated rings. The van der Waals surface area contributed by atoms with E-state index < -0.39 is 0 Å². The Morgan fingerprint density at radius 3 is 2.90 bits per heavy atom. The van der Waals surface area contributed by atoms with Crippen LogP contribution in [0.3, 0.4) is 0 Å². The Balaban J connectivity index is 2.18. The summed E-state index contributed by atoms with van der Waals surface area (Å²) in [6.45, 7) is 0. The second-order valence-electron chi connectivity index (χ2n) is 5.10. The van der Waals surface area contributed by atoms with Gasteiger partial charge in [-0.1, -0.05) is 18.2 Å². The molecule has 0 saturated heterocycles. The fraction of sp³-hybridized carbons (Fsp3) is 0.176. The first-order chi connectivity index (χ1) is 9.70. The molecule has 98 valence electrons. The SMILES string of the molecule is CN(C)C1=CC=CC1c1cc2cccnc2cc1C#N. The zero-order valence-electron chi connectivity index (χ0n) is 11.5. The largest absolute Gasteiger partial charge is 0.380 e. The quantitative estimate of drug-likeness (QED) is 0.833. The van der Waals surface area contributed by atoms with Crippen molar-refractivity contribution >= 4 is 10.9 Å². The van der Waals surface area contributed by atoms with E-state index in [1.807, 2.05) is 32.3 Å². The van der Waals surface area contributed by atoms with Crippen LogP contribution in [0.1, 0.15) is 17.0 Å². The molecule has 1 aliphatic rings. The van der Waals surface area contributed by atoms with Crippen LogP contribution < -0.4 is 0 Å². The monoisotopic (exact) mass is 261 g/mol. The van der Waals surface area contributed by atoms with Gasteiger partial charge in [0.05, 0.1) is 17.1 Å². The van der Waals surface area contributed by atoms with Crippen molar-refractivity contribution in [2.75, 3.05) is 14.1 Å². The van der Waals surface area contributed by atoms with Gasteiger partial charge in [-0.25, -0.2) is 0 Å². The summed E-state index contributed by atoms with van der Waals surface area (Å²) in [6.07, 6.45) is 8.03. The highest BCUT2D eigenvalue weighted by Gasteiger charge is 2.22. The molecule has 1 aromatic carbocycles. The van der Waals surface area contributed by atoms with Crippen LogP contribution in [0.2, 0.25) is 0 Å². The summed E-state index contributed by atoms with van der Waals surface area (Å²) in [6, 6.07) is 10.2. The van der Waals surface area contributed by atoms with Gasteiger partial charge in [-0.15, -0.1) is 0 Å². The minimum Gasteiger partial charge on any atom is -0.380 e. The predicted octanol–water partition coefficient (Wildman–Crippen LogP) is 3.21. The van der Waals surface area contributed by atoms with E-state index in [1.165, 1.54) is 5.70 Å². The first-order valence-corrected chi connectivity index (χ1v) is 6.55. The Kier molecular flexibility index (Phi) is 3.00. The highest BCUT2D eigenvalue weighted by atomic mass is 15.1. The van der Waals surface area contributed by atoms with Crippen LogP contribution >= 0.6 is 0 Å². The van der Waals surface area contributed by atoms with Crippen LogP contribution in [0.25, 0.3) is 10.9 Å². The molecule has 2 aromatic rings. The van der Waals surface area contributed by atoms with E-state index in [4.69, 9.17) is 0 Å². The summed E-state index contributed by atoms with van der Waals surface area (Å²) in [4.78, 5) is 6.41. The summed E-state index contributed by atoms with van der Waals surface area (Å²) >= 11 is 0. The molecule has 0 aliphatic heterocycles. The molecular formula is C17H15N3. The second-order valence-corrected chi connectivity index (χ2v) is 5.10. The Bertz CT molecular complexity index is 763. The van der Waals surface area contributed by atoms with Crippen LogP contribution in [0.4, 0.5) is 0 Å². The van der Waals surface area contributed by atoms with Gasteiger partial charge in [0.15, 0.2) is 0 Å². The van der Waals surface area contributed by atoms with Crippen molar-refractivity contribution in [1.29, 1.82) is 5.26 Å². The molecule has 3 rings (SSSR count). The number of likely N-dealkylation sites (N-methyl/N-ethyl adjacent to an activating group) is 1. The molecule has 3 nitrogen and oxygen atoms in total. The molecule has 1 unspecified atom stereocenters. The third-order valence-electron chi connectivity index (χ3n) is 3.64. The van der Waals surface area contributed by atoms with Crippen LogP contribution in [-0.4, -0.2) is 24.0 Å². The van der Waals surface area contributed by atoms with Crippen molar-refractivity contribution in [3.63, 3.8) is 0 Å². The van der Waals surface area contributed by atoms with Crippen molar-refractivity contribution in [3.05, 3.63) is 65.5 Å². The maximum absolute atomic E-state index is 9.43.